The maximum atomic E-state index is 11.8. The molecule has 0 bridgehead atoms. The van der Waals surface area contributed by atoms with E-state index in [1.54, 1.807) is 0 Å². The third-order valence-corrected chi connectivity index (χ3v) is 4.66. The Morgan fingerprint density at radius 2 is 1.52 bits per heavy atom. The fraction of sp³-hybridized carbons (Fsp3) is 0.316. The standard InChI is InChI=1S/C19H22O5S/c20-19(24-17-12-14-18(15-13-17)25(21,22)23)11-7-2-1-4-8-16-9-5-3-6-10-16/h3,5-6,9-10,12-15H,1-2,4,7-8,11H2,(H,21,22,23). The zero-order valence-corrected chi connectivity index (χ0v) is 14.7. The monoisotopic (exact) mass is 362 g/mol. The van der Waals surface area contributed by atoms with E-state index in [2.05, 4.69) is 12.1 Å². The number of esters is 1. The van der Waals surface area contributed by atoms with Crippen molar-refractivity contribution in [2.24, 2.45) is 0 Å². The first-order valence-electron chi connectivity index (χ1n) is 8.27. The fourth-order valence-corrected chi connectivity index (χ4v) is 2.94. The van der Waals surface area contributed by atoms with Crippen LogP contribution in [0.25, 0.3) is 0 Å². The van der Waals surface area contributed by atoms with Gasteiger partial charge in [0.05, 0.1) is 4.90 Å². The van der Waals surface area contributed by atoms with Gasteiger partial charge in [-0.2, -0.15) is 8.42 Å². The Morgan fingerprint density at radius 1 is 0.880 bits per heavy atom. The molecule has 0 atom stereocenters. The van der Waals surface area contributed by atoms with E-state index in [0.29, 0.717) is 6.42 Å². The number of unbranched alkanes of at least 4 members (excludes halogenated alkanes) is 3. The van der Waals surface area contributed by atoms with E-state index < -0.39 is 10.1 Å². The van der Waals surface area contributed by atoms with Crippen molar-refractivity contribution in [1.82, 2.24) is 0 Å². The predicted molar refractivity (Wildman–Crippen MR) is 95.1 cm³/mol. The summed E-state index contributed by atoms with van der Waals surface area (Å²) in [5, 5.41) is 0. The number of carbonyl (C=O) groups is 1. The second-order valence-corrected chi connectivity index (χ2v) is 7.24. The molecule has 25 heavy (non-hydrogen) atoms. The van der Waals surface area contributed by atoms with E-state index in [1.807, 2.05) is 18.2 Å². The molecule has 2 rings (SSSR count). The molecule has 0 aliphatic carbocycles. The third-order valence-electron chi connectivity index (χ3n) is 3.79. The lowest BCUT2D eigenvalue weighted by Gasteiger charge is -2.05. The molecular formula is C19H22O5S. The molecule has 0 spiro atoms. The minimum atomic E-state index is -4.23. The molecule has 0 aliphatic heterocycles. The lowest BCUT2D eigenvalue weighted by atomic mass is 10.1. The fourth-order valence-electron chi connectivity index (χ4n) is 2.46. The Hall–Kier alpha value is -2.18. The summed E-state index contributed by atoms with van der Waals surface area (Å²) in [4.78, 5) is 11.5. The van der Waals surface area contributed by atoms with Gasteiger partial charge in [-0.15, -0.1) is 0 Å². The van der Waals surface area contributed by atoms with Gasteiger partial charge in [0.2, 0.25) is 0 Å². The van der Waals surface area contributed by atoms with Crippen LogP contribution in [0.4, 0.5) is 0 Å². The average Bonchev–Trinajstić information content (AvgIpc) is 2.58. The highest BCUT2D eigenvalue weighted by Crippen LogP contribution is 2.17. The predicted octanol–water partition coefficient (Wildman–Crippen LogP) is 4.03. The van der Waals surface area contributed by atoms with Crippen LogP contribution in [0.2, 0.25) is 0 Å². The zero-order valence-electron chi connectivity index (χ0n) is 13.9. The number of aryl methyl sites for hydroxylation is 1. The molecule has 0 aliphatic rings. The molecule has 0 saturated heterocycles. The van der Waals surface area contributed by atoms with Gasteiger partial charge in [0.1, 0.15) is 5.75 Å². The van der Waals surface area contributed by atoms with Crippen molar-refractivity contribution in [3.63, 3.8) is 0 Å². The van der Waals surface area contributed by atoms with Gasteiger partial charge in [-0.25, -0.2) is 0 Å². The molecule has 0 aromatic heterocycles. The van der Waals surface area contributed by atoms with Crippen molar-refractivity contribution in [3.05, 3.63) is 60.2 Å². The molecule has 0 unspecified atom stereocenters. The Morgan fingerprint density at radius 3 is 2.16 bits per heavy atom. The molecule has 0 radical (unpaired) electrons. The summed E-state index contributed by atoms with van der Waals surface area (Å²) in [5.74, 6) is -0.0795. The second-order valence-electron chi connectivity index (χ2n) is 5.82. The number of ether oxygens (including phenoxy) is 1. The summed E-state index contributed by atoms with van der Waals surface area (Å²) >= 11 is 0. The molecular weight excluding hydrogens is 340 g/mol. The number of hydrogen-bond acceptors (Lipinski definition) is 4. The van der Waals surface area contributed by atoms with Crippen LogP contribution in [0.15, 0.2) is 59.5 Å². The van der Waals surface area contributed by atoms with Crippen LogP contribution in [-0.4, -0.2) is 18.9 Å². The summed E-state index contributed by atoms with van der Waals surface area (Å²) < 4.78 is 35.9. The minimum absolute atomic E-state index is 0.231. The minimum Gasteiger partial charge on any atom is -0.427 e. The van der Waals surface area contributed by atoms with Gasteiger partial charge < -0.3 is 4.74 Å². The topological polar surface area (TPSA) is 80.7 Å². The van der Waals surface area contributed by atoms with Crippen molar-refractivity contribution in [2.45, 2.75) is 43.4 Å². The van der Waals surface area contributed by atoms with Crippen molar-refractivity contribution < 1.29 is 22.5 Å². The SMILES string of the molecule is O=C(CCCCCCc1ccccc1)Oc1ccc(S(=O)(=O)O)cc1. The first-order valence-corrected chi connectivity index (χ1v) is 9.71. The lowest BCUT2D eigenvalue weighted by molar-refractivity contribution is -0.134. The van der Waals surface area contributed by atoms with Gasteiger partial charge in [-0.05, 0) is 49.1 Å². The van der Waals surface area contributed by atoms with Crippen LogP contribution in [0.5, 0.6) is 5.75 Å². The first kappa shape index (κ1) is 19.1. The van der Waals surface area contributed by atoms with Crippen LogP contribution < -0.4 is 4.74 Å². The Labute approximate surface area is 148 Å². The van der Waals surface area contributed by atoms with Crippen molar-refractivity contribution >= 4 is 16.1 Å². The van der Waals surface area contributed by atoms with Gasteiger partial charge in [0, 0.05) is 6.42 Å². The lowest BCUT2D eigenvalue weighted by Crippen LogP contribution is -2.07. The maximum absolute atomic E-state index is 11.8. The molecule has 2 aromatic rings. The summed E-state index contributed by atoms with van der Waals surface area (Å²) in [6.07, 6.45) is 5.25. The number of benzene rings is 2. The molecule has 5 nitrogen and oxygen atoms in total. The van der Waals surface area contributed by atoms with E-state index in [0.717, 1.165) is 32.1 Å². The highest BCUT2D eigenvalue weighted by Gasteiger charge is 2.10. The molecule has 0 amide bonds. The molecule has 2 aromatic carbocycles. The normalized spacial score (nSPS) is 11.2. The average molecular weight is 362 g/mol. The van der Waals surface area contributed by atoms with Crippen LogP contribution >= 0.6 is 0 Å². The van der Waals surface area contributed by atoms with Crippen molar-refractivity contribution in [3.8, 4) is 5.75 Å². The Bertz CT molecular complexity index is 767. The van der Waals surface area contributed by atoms with Crippen molar-refractivity contribution in [2.75, 3.05) is 0 Å². The smallest absolute Gasteiger partial charge is 0.311 e. The molecule has 134 valence electrons. The molecule has 1 N–H and O–H groups in total. The van der Waals surface area contributed by atoms with Gasteiger partial charge in [-0.3, -0.25) is 9.35 Å². The van der Waals surface area contributed by atoms with Crippen molar-refractivity contribution in [1.29, 1.82) is 0 Å². The van der Waals surface area contributed by atoms with E-state index in [1.165, 1.54) is 29.8 Å². The van der Waals surface area contributed by atoms with Gasteiger partial charge in [-0.1, -0.05) is 43.2 Å². The number of rotatable bonds is 9. The van der Waals surface area contributed by atoms with Crippen LogP contribution in [0.3, 0.4) is 0 Å². The molecule has 0 heterocycles. The van der Waals surface area contributed by atoms with Crippen LogP contribution in [0, 0.1) is 0 Å². The quantitative estimate of drug-likeness (QED) is 0.315. The molecule has 0 fully saturated rings. The summed E-state index contributed by atoms with van der Waals surface area (Å²) in [5.41, 5.74) is 1.33. The highest BCUT2D eigenvalue weighted by molar-refractivity contribution is 7.85. The Kier molecular flexibility index (Phi) is 7.16. The van der Waals surface area contributed by atoms with Gasteiger partial charge in [0.25, 0.3) is 10.1 Å². The van der Waals surface area contributed by atoms with E-state index >= 15 is 0 Å². The molecule has 6 heteroatoms. The van der Waals surface area contributed by atoms with E-state index in [9.17, 15) is 13.2 Å². The third kappa shape index (κ3) is 7.07. The zero-order chi connectivity index (χ0) is 18.1. The first-order chi connectivity index (χ1) is 11.9. The summed E-state index contributed by atoms with van der Waals surface area (Å²) in [6.45, 7) is 0. The van der Waals surface area contributed by atoms with Gasteiger partial charge >= 0.3 is 5.97 Å². The summed E-state index contributed by atoms with van der Waals surface area (Å²) in [7, 11) is -4.23. The van der Waals surface area contributed by atoms with E-state index in [-0.39, 0.29) is 16.6 Å². The number of carbonyl (C=O) groups excluding carboxylic acids is 1. The second kappa shape index (κ2) is 9.34. The van der Waals surface area contributed by atoms with Crippen LogP contribution in [0.1, 0.15) is 37.7 Å². The van der Waals surface area contributed by atoms with Gasteiger partial charge in [0.15, 0.2) is 0 Å². The van der Waals surface area contributed by atoms with Crippen LogP contribution in [-0.2, 0) is 21.3 Å². The highest BCUT2D eigenvalue weighted by atomic mass is 32.2. The summed E-state index contributed by atoms with van der Waals surface area (Å²) in [6, 6.07) is 15.4. The maximum Gasteiger partial charge on any atom is 0.311 e. The largest absolute Gasteiger partial charge is 0.427 e. The van der Waals surface area contributed by atoms with E-state index in [4.69, 9.17) is 9.29 Å². The number of hydrogen-bond donors (Lipinski definition) is 1. The Balaban J connectivity index is 1.62. The molecule has 0 saturated carbocycles.